The summed E-state index contributed by atoms with van der Waals surface area (Å²) in [6.07, 6.45) is 0. The van der Waals surface area contributed by atoms with E-state index < -0.39 is 11.9 Å². The van der Waals surface area contributed by atoms with E-state index in [9.17, 15) is 9.59 Å². The van der Waals surface area contributed by atoms with E-state index >= 15 is 0 Å². The Morgan fingerprint density at radius 2 is 1.84 bits per heavy atom. The van der Waals surface area contributed by atoms with Gasteiger partial charge in [-0.15, -0.1) is 0 Å². The second kappa shape index (κ2) is 9.28. The summed E-state index contributed by atoms with van der Waals surface area (Å²) in [6.45, 7) is 1.71. The molecule has 1 unspecified atom stereocenters. The molecule has 0 aliphatic heterocycles. The molecule has 1 atom stereocenters. The molecule has 0 bridgehead atoms. The fourth-order valence-electron chi connectivity index (χ4n) is 1.90. The van der Waals surface area contributed by atoms with Crippen molar-refractivity contribution < 1.29 is 19.4 Å². The number of Topliss-reactive ketones (excluding diaryl/α,β-unsaturated/α-hetero) is 1. The maximum atomic E-state index is 12.3. The zero-order valence-electron chi connectivity index (χ0n) is 13.4. The number of carboxylic acid groups (broad SMARTS) is 1. The number of aliphatic carboxylic acids is 1. The van der Waals surface area contributed by atoms with Gasteiger partial charge in [0.1, 0.15) is 0 Å². The molecule has 4 nitrogen and oxygen atoms in total. The molecule has 131 valence electrons. The van der Waals surface area contributed by atoms with Crippen LogP contribution in [-0.4, -0.2) is 39.2 Å². The van der Waals surface area contributed by atoms with Crippen LogP contribution in [0.25, 0.3) is 0 Å². The minimum absolute atomic E-state index is 0.00252. The Labute approximate surface area is 162 Å². The van der Waals surface area contributed by atoms with Gasteiger partial charge in [-0.05, 0) is 0 Å². The van der Waals surface area contributed by atoms with Crippen molar-refractivity contribution in [2.75, 3.05) is 6.61 Å². The van der Waals surface area contributed by atoms with Crippen LogP contribution in [0.5, 0.6) is 5.75 Å². The summed E-state index contributed by atoms with van der Waals surface area (Å²) in [6, 6.07) is 12.3. The maximum absolute atomic E-state index is 12.3. The van der Waals surface area contributed by atoms with E-state index in [0.29, 0.717) is 26.6 Å². The molecule has 0 aliphatic carbocycles. The van der Waals surface area contributed by atoms with Crippen molar-refractivity contribution in [3.05, 3.63) is 58.1 Å². The van der Waals surface area contributed by atoms with Crippen LogP contribution in [0.1, 0.15) is 17.3 Å². The third kappa shape index (κ3) is 6.07. The Kier molecular flexibility index (Phi) is 7.36. The molecule has 1 radical (unpaired) electrons. The number of hydrogen-bond acceptors (Lipinski definition) is 3. The fraction of sp³-hybridized carbons (Fsp3) is 0.222. The molecule has 0 aliphatic rings. The summed E-state index contributed by atoms with van der Waals surface area (Å²) >= 11 is 11.6. The number of halogens is 2. The van der Waals surface area contributed by atoms with Gasteiger partial charge in [0.2, 0.25) is 0 Å². The van der Waals surface area contributed by atoms with E-state index in [-0.39, 0.29) is 28.1 Å². The van der Waals surface area contributed by atoms with Crippen LogP contribution in [0.15, 0.2) is 42.5 Å². The van der Waals surface area contributed by atoms with Crippen molar-refractivity contribution >= 4 is 55.1 Å². The van der Waals surface area contributed by atoms with E-state index in [1.54, 1.807) is 37.3 Å². The van der Waals surface area contributed by atoms with Crippen LogP contribution in [0, 0.1) is 5.92 Å². The van der Waals surface area contributed by atoms with Gasteiger partial charge in [-0.3, -0.25) is 0 Å². The molecule has 7 heteroatoms. The van der Waals surface area contributed by atoms with Crippen LogP contribution in [-0.2, 0) is 4.79 Å². The molecule has 2 aromatic carbocycles. The number of carboxylic acids is 1. The Balaban J connectivity index is 1.88. The molecule has 0 aromatic heterocycles. The van der Waals surface area contributed by atoms with E-state index in [4.69, 9.17) is 33.0 Å². The molecule has 2 rings (SSSR count). The van der Waals surface area contributed by atoms with E-state index in [0.717, 1.165) is 4.35 Å². The van der Waals surface area contributed by atoms with E-state index in [1.165, 1.54) is 0 Å². The number of ether oxygens (including phenoxy) is 1. The van der Waals surface area contributed by atoms with Gasteiger partial charge < -0.3 is 0 Å². The summed E-state index contributed by atoms with van der Waals surface area (Å²) in [4.78, 5) is 23.0. The van der Waals surface area contributed by atoms with Gasteiger partial charge >= 0.3 is 163 Å². The second-order valence-corrected chi connectivity index (χ2v) is 8.66. The number of benzene rings is 2. The van der Waals surface area contributed by atoms with Crippen molar-refractivity contribution in [3.63, 3.8) is 0 Å². The number of hydrogen-bond donors (Lipinski definition) is 1. The molecular weight excluding hydrogens is 426 g/mol. The molecule has 0 amide bonds. The Bertz CT molecular complexity index is 762. The first kappa shape index (κ1) is 19.8. The van der Waals surface area contributed by atoms with Crippen molar-refractivity contribution in [2.45, 2.75) is 12.1 Å². The van der Waals surface area contributed by atoms with Crippen LogP contribution < -0.4 is 9.09 Å². The minimum atomic E-state index is -0.888. The molecule has 25 heavy (non-hydrogen) atoms. The Morgan fingerprint density at radius 3 is 2.44 bits per heavy atom. The summed E-state index contributed by atoms with van der Waals surface area (Å²) in [5, 5.41) is 10.1. The number of carbonyl (C=O) groups excluding carboxylic acids is 1. The Morgan fingerprint density at radius 1 is 1.16 bits per heavy atom. The monoisotopic (exact) mass is 441 g/mol. The van der Waals surface area contributed by atoms with Gasteiger partial charge in [0.15, 0.2) is 0 Å². The van der Waals surface area contributed by atoms with Crippen molar-refractivity contribution in [3.8, 4) is 5.75 Å². The van der Waals surface area contributed by atoms with Crippen LogP contribution in [0.3, 0.4) is 0 Å². The predicted molar refractivity (Wildman–Crippen MR) is 99.7 cm³/mol. The zero-order valence-corrected chi connectivity index (χ0v) is 16.8. The van der Waals surface area contributed by atoms with Gasteiger partial charge in [-0.25, -0.2) is 0 Å². The fourth-order valence-corrected chi connectivity index (χ4v) is 4.21. The first-order valence-corrected chi connectivity index (χ1v) is 10.5. The summed E-state index contributed by atoms with van der Waals surface area (Å²) in [5.41, 5.74) is 0.490. The molecule has 0 fully saturated rings. The average molecular weight is 442 g/mol. The topological polar surface area (TPSA) is 63.6 Å². The van der Waals surface area contributed by atoms with Crippen molar-refractivity contribution in [1.82, 2.24) is 0 Å². The van der Waals surface area contributed by atoms with Crippen molar-refractivity contribution in [2.24, 2.45) is 5.92 Å². The Hall–Kier alpha value is -1.48. The average Bonchev–Trinajstić information content (AvgIpc) is 2.58. The van der Waals surface area contributed by atoms with Gasteiger partial charge in [0.05, 0.1) is 0 Å². The predicted octanol–water partition coefficient (Wildman–Crippen LogP) is 3.72. The normalized spacial score (nSPS) is 12.3. The van der Waals surface area contributed by atoms with E-state index in [1.807, 2.05) is 12.1 Å². The molecule has 0 saturated carbocycles. The standard InChI is InChI=1S/C18H16AsCl2O4/c1-11(18(23)24)10-25-14-5-2-12(3-6-14)19-9-17(22)15-7-4-13(20)8-16(15)21/h2-8,11H,9-10H2,1H3,(H,23,24). The van der Waals surface area contributed by atoms with Crippen LogP contribution in [0.2, 0.25) is 15.3 Å². The third-order valence-corrected chi connectivity index (χ3v) is 6.27. The van der Waals surface area contributed by atoms with E-state index in [2.05, 4.69) is 0 Å². The summed E-state index contributed by atoms with van der Waals surface area (Å²) in [7, 11) is 0. The molecule has 0 saturated heterocycles. The quantitative estimate of drug-likeness (QED) is 0.500. The number of carbonyl (C=O) groups is 2. The van der Waals surface area contributed by atoms with Gasteiger partial charge in [-0.2, -0.15) is 0 Å². The first-order valence-electron chi connectivity index (χ1n) is 7.48. The van der Waals surface area contributed by atoms with Gasteiger partial charge in [0.25, 0.3) is 0 Å². The molecule has 0 heterocycles. The zero-order chi connectivity index (χ0) is 18.4. The summed E-state index contributed by atoms with van der Waals surface area (Å²) < 4.78 is 6.52. The molecular formula is C18H16AsCl2O4. The number of ketones is 1. The van der Waals surface area contributed by atoms with Gasteiger partial charge in [-0.1, -0.05) is 0 Å². The molecule has 0 spiro atoms. The first-order chi connectivity index (χ1) is 11.9. The van der Waals surface area contributed by atoms with Crippen molar-refractivity contribution in [1.29, 1.82) is 0 Å². The molecule has 1 N–H and O–H groups in total. The summed E-state index contributed by atoms with van der Waals surface area (Å²) in [5.74, 6) is -0.837. The molecule has 2 aromatic rings. The SMILES string of the molecule is CC(COc1ccc([As]CC(=O)c2ccc(Cl)cc2Cl)cc1)C(=O)O. The van der Waals surface area contributed by atoms with Crippen LogP contribution >= 0.6 is 23.2 Å². The van der Waals surface area contributed by atoms with Crippen LogP contribution in [0.4, 0.5) is 0 Å². The van der Waals surface area contributed by atoms with Gasteiger partial charge in [0, 0.05) is 0 Å². The second-order valence-electron chi connectivity index (χ2n) is 5.41. The third-order valence-electron chi connectivity index (χ3n) is 3.40. The number of rotatable bonds is 8.